The van der Waals surface area contributed by atoms with E-state index in [9.17, 15) is 14.7 Å². The minimum absolute atomic E-state index is 0.0871. The number of nitrogens with zero attached hydrogens (tertiary/aromatic N) is 1. The van der Waals surface area contributed by atoms with Gasteiger partial charge in [0.25, 0.3) is 0 Å². The number of thiazole rings is 1. The van der Waals surface area contributed by atoms with Gasteiger partial charge < -0.3 is 19.9 Å². The summed E-state index contributed by atoms with van der Waals surface area (Å²) in [5, 5.41) is 12.7. The SMILES string of the molecule is COc1cc(NC(c2ccc(C(=O)OC(C)(C)C)cc2)c2cncs2)ccc1C(=O)O. The van der Waals surface area contributed by atoms with Crippen molar-refractivity contribution in [2.75, 3.05) is 12.4 Å². The van der Waals surface area contributed by atoms with E-state index in [2.05, 4.69) is 10.3 Å². The number of benzene rings is 2. The predicted octanol–water partition coefficient (Wildman–Crippen LogP) is 5.01. The second-order valence-corrected chi connectivity index (χ2v) is 8.74. The largest absolute Gasteiger partial charge is 0.496 e. The first-order chi connectivity index (χ1) is 14.7. The number of nitrogens with one attached hydrogen (secondary N) is 1. The van der Waals surface area contributed by atoms with Gasteiger partial charge in [0.15, 0.2) is 0 Å². The van der Waals surface area contributed by atoms with E-state index >= 15 is 0 Å². The number of ether oxygens (including phenoxy) is 2. The van der Waals surface area contributed by atoms with Gasteiger partial charge in [-0.3, -0.25) is 4.98 Å². The van der Waals surface area contributed by atoms with E-state index in [0.717, 1.165) is 10.4 Å². The van der Waals surface area contributed by atoms with E-state index in [0.29, 0.717) is 11.3 Å². The van der Waals surface area contributed by atoms with Gasteiger partial charge in [-0.05, 0) is 50.6 Å². The molecule has 1 unspecified atom stereocenters. The lowest BCUT2D eigenvalue weighted by Crippen LogP contribution is -2.23. The van der Waals surface area contributed by atoms with Gasteiger partial charge in [0.2, 0.25) is 0 Å². The van der Waals surface area contributed by atoms with Crippen LogP contribution in [0.5, 0.6) is 5.75 Å². The number of aromatic nitrogens is 1. The summed E-state index contributed by atoms with van der Waals surface area (Å²) in [7, 11) is 1.43. The van der Waals surface area contributed by atoms with Crippen LogP contribution in [0.3, 0.4) is 0 Å². The molecule has 8 heteroatoms. The molecule has 3 rings (SSSR count). The number of hydrogen-bond donors (Lipinski definition) is 2. The summed E-state index contributed by atoms with van der Waals surface area (Å²) in [6, 6.07) is 11.8. The molecule has 31 heavy (non-hydrogen) atoms. The van der Waals surface area contributed by atoms with Crippen LogP contribution in [0.2, 0.25) is 0 Å². The molecule has 0 spiro atoms. The number of rotatable bonds is 7. The lowest BCUT2D eigenvalue weighted by molar-refractivity contribution is 0.00693. The highest BCUT2D eigenvalue weighted by atomic mass is 32.1. The molecule has 0 saturated carbocycles. The molecule has 3 aromatic rings. The molecule has 0 aliphatic carbocycles. The zero-order valence-electron chi connectivity index (χ0n) is 17.7. The molecule has 162 valence electrons. The fourth-order valence-corrected chi connectivity index (χ4v) is 3.66. The molecule has 0 radical (unpaired) electrons. The first-order valence-electron chi connectivity index (χ1n) is 9.57. The second-order valence-electron chi connectivity index (χ2n) is 7.83. The molecule has 2 aromatic carbocycles. The number of carboxylic acid groups (broad SMARTS) is 1. The van der Waals surface area contributed by atoms with Crippen molar-refractivity contribution in [3.05, 3.63) is 75.7 Å². The maximum absolute atomic E-state index is 12.3. The molecule has 2 N–H and O–H groups in total. The lowest BCUT2D eigenvalue weighted by Gasteiger charge is -2.21. The van der Waals surface area contributed by atoms with Crippen LogP contribution < -0.4 is 10.1 Å². The van der Waals surface area contributed by atoms with Gasteiger partial charge in [-0.2, -0.15) is 0 Å². The van der Waals surface area contributed by atoms with Crippen LogP contribution in [-0.4, -0.2) is 34.7 Å². The fourth-order valence-electron chi connectivity index (χ4n) is 2.96. The summed E-state index contributed by atoms with van der Waals surface area (Å²) in [6.07, 6.45) is 1.77. The number of carboxylic acids is 1. The smallest absolute Gasteiger partial charge is 0.339 e. The van der Waals surface area contributed by atoms with Crippen LogP contribution >= 0.6 is 11.3 Å². The number of anilines is 1. The Morgan fingerprint density at radius 1 is 1.13 bits per heavy atom. The molecular formula is C23H24N2O5S. The standard InChI is InChI=1S/C23H24N2O5S/c1-23(2,3)30-22(28)15-7-5-14(6-8-15)20(19-12-24-13-31-19)25-16-9-10-17(21(26)27)18(11-16)29-4/h5-13,20,25H,1-4H3,(H,26,27). The van der Waals surface area contributed by atoms with Crippen molar-refractivity contribution < 1.29 is 24.2 Å². The Balaban J connectivity index is 1.89. The van der Waals surface area contributed by atoms with Crippen molar-refractivity contribution in [3.63, 3.8) is 0 Å². The predicted molar refractivity (Wildman–Crippen MR) is 119 cm³/mol. The molecule has 1 aromatic heterocycles. The van der Waals surface area contributed by atoms with Crippen molar-refractivity contribution in [3.8, 4) is 5.75 Å². The molecule has 7 nitrogen and oxygen atoms in total. The zero-order chi connectivity index (χ0) is 22.6. The zero-order valence-corrected chi connectivity index (χ0v) is 18.5. The van der Waals surface area contributed by atoms with E-state index in [1.165, 1.54) is 24.5 Å². The number of methoxy groups -OCH3 is 1. The fraction of sp³-hybridized carbons (Fsp3) is 0.261. The highest BCUT2D eigenvalue weighted by Crippen LogP contribution is 2.32. The summed E-state index contributed by atoms with van der Waals surface area (Å²) in [5.41, 5.74) is 3.34. The molecule has 0 aliphatic heterocycles. The lowest BCUT2D eigenvalue weighted by atomic mass is 10.0. The maximum atomic E-state index is 12.3. The summed E-state index contributed by atoms with van der Waals surface area (Å²) in [5.74, 6) is -1.17. The minimum atomic E-state index is -1.06. The van der Waals surface area contributed by atoms with Crippen LogP contribution in [0, 0.1) is 0 Å². The maximum Gasteiger partial charge on any atom is 0.339 e. The van der Waals surface area contributed by atoms with Gasteiger partial charge in [0, 0.05) is 18.0 Å². The van der Waals surface area contributed by atoms with Gasteiger partial charge in [-0.1, -0.05) is 12.1 Å². The van der Waals surface area contributed by atoms with Crippen LogP contribution in [0.25, 0.3) is 0 Å². The molecule has 0 fully saturated rings. The first kappa shape index (κ1) is 22.3. The number of hydrogen-bond acceptors (Lipinski definition) is 7. The third kappa shape index (κ3) is 5.61. The Labute approximate surface area is 184 Å². The average Bonchev–Trinajstić information content (AvgIpc) is 3.25. The van der Waals surface area contributed by atoms with Crippen LogP contribution in [0.1, 0.15) is 58.0 Å². The molecular weight excluding hydrogens is 416 g/mol. The van der Waals surface area contributed by atoms with Crippen LogP contribution in [0.4, 0.5) is 5.69 Å². The number of carbonyl (C=O) groups excluding carboxylic acids is 1. The highest BCUT2D eigenvalue weighted by molar-refractivity contribution is 7.09. The molecule has 0 amide bonds. The van der Waals surface area contributed by atoms with Gasteiger partial charge in [-0.25, -0.2) is 9.59 Å². The number of carbonyl (C=O) groups is 2. The summed E-state index contributed by atoms with van der Waals surface area (Å²) in [6.45, 7) is 5.48. The first-order valence-corrected chi connectivity index (χ1v) is 10.5. The molecule has 0 bridgehead atoms. The van der Waals surface area contributed by atoms with E-state index < -0.39 is 11.6 Å². The van der Waals surface area contributed by atoms with E-state index in [-0.39, 0.29) is 23.3 Å². The van der Waals surface area contributed by atoms with Crippen LogP contribution in [-0.2, 0) is 4.74 Å². The van der Waals surface area contributed by atoms with E-state index in [4.69, 9.17) is 9.47 Å². The normalized spacial score (nSPS) is 12.1. The Bertz CT molecular complexity index is 1060. The monoisotopic (exact) mass is 440 g/mol. The topological polar surface area (TPSA) is 97.8 Å². The summed E-state index contributed by atoms with van der Waals surface area (Å²) >= 11 is 1.49. The van der Waals surface area contributed by atoms with Gasteiger partial charge >= 0.3 is 11.9 Å². The number of aromatic carboxylic acids is 1. The Kier molecular flexibility index (Phi) is 6.60. The Morgan fingerprint density at radius 2 is 1.84 bits per heavy atom. The van der Waals surface area contributed by atoms with Gasteiger partial charge in [-0.15, -0.1) is 11.3 Å². The van der Waals surface area contributed by atoms with Crippen molar-refractivity contribution in [1.82, 2.24) is 4.98 Å². The molecule has 1 heterocycles. The average molecular weight is 441 g/mol. The molecule has 0 saturated heterocycles. The molecule has 1 atom stereocenters. The molecule has 0 aliphatic rings. The minimum Gasteiger partial charge on any atom is -0.496 e. The van der Waals surface area contributed by atoms with Crippen molar-refractivity contribution >= 4 is 29.0 Å². The Morgan fingerprint density at radius 3 is 2.39 bits per heavy atom. The highest BCUT2D eigenvalue weighted by Gasteiger charge is 2.21. The van der Waals surface area contributed by atoms with E-state index in [1.54, 1.807) is 36.0 Å². The van der Waals surface area contributed by atoms with E-state index in [1.807, 2.05) is 32.9 Å². The van der Waals surface area contributed by atoms with Gasteiger partial charge in [0.05, 0.1) is 29.1 Å². The summed E-state index contributed by atoms with van der Waals surface area (Å²) < 4.78 is 10.6. The van der Waals surface area contributed by atoms with Crippen LogP contribution in [0.15, 0.2) is 54.2 Å². The third-order valence-corrected chi connectivity index (χ3v) is 5.20. The third-order valence-electron chi connectivity index (χ3n) is 4.36. The van der Waals surface area contributed by atoms with Crippen molar-refractivity contribution in [2.24, 2.45) is 0 Å². The summed E-state index contributed by atoms with van der Waals surface area (Å²) in [4.78, 5) is 28.8. The number of esters is 1. The Hall–Kier alpha value is -3.39. The quantitative estimate of drug-likeness (QED) is 0.499. The van der Waals surface area contributed by atoms with Crippen molar-refractivity contribution in [1.29, 1.82) is 0 Å². The van der Waals surface area contributed by atoms with Gasteiger partial charge in [0.1, 0.15) is 16.9 Å². The second kappa shape index (κ2) is 9.18. The van der Waals surface area contributed by atoms with Crippen molar-refractivity contribution in [2.45, 2.75) is 32.4 Å².